The number of ether oxygens (including phenoxy) is 1. The van der Waals surface area contributed by atoms with Crippen LogP contribution in [0.25, 0.3) is 0 Å². The topological polar surface area (TPSA) is 85.7 Å². The molecule has 0 aromatic heterocycles. The number of halogens is 3. The number of carbonyl (C=O) groups is 2. The van der Waals surface area contributed by atoms with Gasteiger partial charge in [-0.05, 0) is 59.1 Å². The Morgan fingerprint density at radius 3 is 2.55 bits per heavy atom. The standard InChI is InChI=1S/C21H23F3N4O3/c1-18-7-8-19(31-18,11-27(3)4)15-16(29)28(17(30)20(15,18)26-2)13-6-5-12(10-25)14(9-13)21(22,23)24/h5-6,9,15,26H,7-8,11H2,1-4H3/t15?,18?,19?,20-/m0/s1. The maximum Gasteiger partial charge on any atom is 0.417 e. The molecule has 3 unspecified atom stereocenters. The van der Waals surface area contributed by atoms with Crippen molar-refractivity contribution in [1.82, 2.24) is 10.2 Å². The van der Waals surface area contributed by atoms with Crippen molar-refractivity contribution in [2.24, 2.45) is 5.92 Å². The number of anilines is 1. The van der Waals surface area contributed by atoms with Gasteiger partial charge in [0.15, 0.2) is 0 Å². The lowest BCUT2D eigenvalue weighted by Gasteiger charge is -2.41. The van der Waals surface area contributed by atoms with Crippen LogP contribution >= 0.6 is 0 Å². The molecule has 3 aliphatic heterocycles. The molecule has 3 heterocycles. The van der Waals surface area contributed by atoms with E-state index in [1.807, 2.05) is 19.0 Å². The van der Waals surface area contributed by atoms with Crippen molar-refractivity contribution in [2.75, 3.05) is 32.6 Å². The number of fused-ring (bicyclic) bond motifs is 5. The number of carbonyl (C=O) groups excluding carboxylic acids is 2. The van der Waals surface area contributed by atoms with Gasteiger partial charge < -0.3 is 15.0 Å². The third-order valence-electron chi connectivity index (χ3n) is 6.92. The molecular formula is C21H23F3N4O3. The van der Waals surface area contributed by atoms with Gasteiger partial charge in [0.25, 0.3) is 5.91 Å². The summed E-state index contributed by atoms with van der Waals surface area (Å²) >= 11 is 0. The first-order chi connectivity index (χ1) is 14.4. The van der Waals surface area contributed by atoms with Gasteiger partial charge in [-0.3, -0.25) is 9.59 Å². The molecule has 0 saturated carbocycles. The van der Waals surface area contributed by atoms with Crippen molar-refractivity contribution in [3.05, 3.63) is 29.3 Å². The summed E-state index contributed by atoms with van der Waals surface area (Å²) in [6.07, 6.45) is -3.71. The predicted octanol–water partition coefficient (Wildman–Crippen LogP) is 1.91. The first kappa shape index (κ1) is 21.7. The van der Waals surface area contributed by atoms with Crippen LogP contribution < -0.4 is 10.2 Å². The molecule has 0 spiro atoms. The summed E-state index contributed by atoms with van der Waals surface area (Å²) in [7, 11) is 5.24. The van der Waals surface area contributed by atoms with Crippen molar-refractivity contribution in [2.45, 2.75) is 42.7 Å². The summed E-state index contributed by atoms with van der Waals surface area (Å²) < 4.78 is 46.8. The molecule has 4 rings (SSSR count). The van der Waals surface area contributed by atoms with Crippen LogP contribution in [0, 0.1) is 17.2 Å². The van der Waals surface area contributed by atoms with E-state index >= 15 is 0 Å². The SMILES string of the molecule is CN[C@]12C(=O)N(c3ccc(C#N)c(C(F)(F)F)c3)C(=O)C1C1(CN(C)C)CCC2(C)O1. The van der Waals surface area contributed by atoms with Crippen molar-refractivity contribution in [3.63, 3.8) is 0 Å². The van der Waals surface area contributed by atoms with E-state index in [0.29, 0.717) is 25.5 Å². The molecule has 2 bridgehead atoms. The number of nitrogens with zero attached hydrogens (tertiary/aromatic N) is 3. The molecule has 3 aliphatic rings. The summed E-state index contributed by atoms with van der Waals surface area (Å²) in [6.45, 7) is 2.17. The van der Waals surface area contributed by atoms with Crippen molar-refractivity contribution in [3.8, 4) is 6.07 Å². The van der Waals surface area contributed by atoms with Gasteiger partial charge in [-0.2, -0.15) is 18.4 Å². The van der Waals surface area contributed by atoms with Crippen LogP contribution in [0.2, 0.25) is 0 Å². The van der Waals surface area contributed by atoms with Gasteiger partial charge in [-0.15, -0.1) is 0 Å². The fraction of sp³-hybridized carbons (Fsp3) is 0.571. The monoisotopic (exact) mass is 436 g/mol. The van der Waals surface area contributed by atoms with E-state index in [1.165, 1.54) is 12.1 Å². The number of amides is 2. The van der Waals surface area contributed by atoms with Gasteiger partial charge in [0.2, 0.25) is 5.91 Å². The minimum Gasteiger partial charge on any atom is -0.364 e. The third kappa shape index (κ3) is 2.63. The number of alkyl halides is 3. The largest absolute Gasteiger partial charge is 0.417 e. The van der Waals surface area contributed by atoms with Gasteiger partial charge in [-0.25, -0.2) is 4.90 Å². The van der Waals surface area contributed by atoms with Crippen LogP contribution in [0.3, 0.4) is 0 Å². The van der Waals surface area contributed by atoms with Crippen LogP contribution in [0.5, 0.6) is 0 Å². The highest BCUT2D eigenvalue weighted by Gasteiger charge is 2.82. The maximum absolute atomic E-state index is 13.7. The second-order valence-electron chi connectivity index (χ2n) is 8.94. The Hall–Kier alpha value is -2.48. The van der Waals surface area contributed by atoms with Gasteiger partial charge in [0, 0.05) is 6.54 Å². The Morgan fingerprint density at radius 1 is 1.32 bits per heavy atom. The minimum atomic E-state index is -4.80. The number of hydrogen-bond donors (Lipinski definition) is 1. The van der Waals surface area contributed by atoms with Crippen LogP contribution in [-0.4, -0.2) is 61.1 Å². The Labute approximate surface area is 177 Å². The highest BCUT2D eigenvalue weighted by molar-refractivity contribution is 6.27. The molecule has 7 nitrogen and oxygen atoms in total. The highest BCUT2D eigenvalue weighted by Crippen LogP contribution is 2.63. The average molecular weight is 436 g/mol. The summed E-state index contributed by atoms with van der Waals surface area (Å²) in [5.74, 6) is -2.11. The summed E-state index contributed by atoms with van der Waals surface area (Å²) in [6, 6.07) is 4.40. The normalized spacial score (nSPS) is 34.5. The second-order valence-corrected chi connectivity index (χ2v) is 8.94. The molecule has 2 amide bonds. The fourth-order valence-electron chi connectivity index (χ4n) is 5.85. The average Bonchev–Trinajstić information content (AvgIpc) is 3.21. The molecule has 0 radical (unpaired) electrons. The first-order valence-corrected chi connectivity index (χ1v) is 9.90. The number of nitrogens with one attached hydrogen (secondary N) is 1. The van der Waals surface area contributed by atoms with E-state index in [0.717, 1.165) is 11.0 Å². The van der Waals surface area contributed by atoms with Crippen LogP contribution in [-0.2, 0) is 20.5 Å². The van der Waals surface area contributed by atoms with E-state index in [2.05, 4.69) is 5.32 Å². The van der Waals surface area contributed by atoms with Crippen molar-refractivity contribution in [1.29, 1.82) is 5.26 Å². The molecule has 1 aromatic rings. The highest BCUT2D eigenvalue weighted by atomic mass is 19.4. The van der Waals surface area contributed by atoms with Gasteiger partial charge in [0.05, 0.1) is 40.0 Å². The summed E-state index contributed by atoms with van der Waals surface area (Å²) in [5.41, 5.74) is -5.25. The number of imide groups is 1. The third-order valence-corrected chi connectivity index (χ3v) is 6.92. The van der Waals surface area contributed by atoms with Crippen molar-refractivity contribution < 1.29 is 27.5 Å². The molecule has 1 aromatic carbocycles. The van der Waals surface area contributed by atoms with Crippen LogP contribution in [0.1, 0.15) is 30.9 Å². The predicted molar refractivity (Wildman–Crippen MR) is 104 cm³/mol. The zero-order chi connectivity index (χ0) is 23.0. The van der Waals surface area contributed by atoms with Crippen molar-refractivity contribution >= 4 is 17.5 Å². The van der Waals surface area contributed by atoms with E-state index in [-0.39, 0.29) is 5.69 Å². The molecule has 4 atom stereocenters. The zero-order valence-corrected chi connectivity index (χ0v) is 17.6. The smallest absolute Gasteiger partial charge is 0.364 e. The summed E-state index contributed by atoms with van der Waals surface area (Å²) in [5, 5.41) is 12.1. The van der Waals surface area contributed by atoms with E-state index in [1.54, 1.807) is 14.0 Å². The molecule has 10 heteroatoms. The van der Waals surface area contributed by atoms with E-state index in [9.17, 15) is 22.8 Å². The Morgan fingerprint density at radius 2 is 2.00 bits per heavy atom. The molecule has 3 saturated heterocycles. The lowest BCUT2D eigenvalue weighted by Crippen LogP contribution is -2.67. The molecular weight excluding hydrogens is 413 g/mol. The fourth-order valence-corrected chi connectivity index (χ4v) is 5.85. The van der Waals surface area contributed by atoms with Crippen LogP contribution in [0.15, 0.2) is 18.2 Å². The Bertz CT molecular complexity index is 1020. The molecule has 0 aliphatic carbocycles. The zero-order valence-electron chi connectivity index (χ0n) is 17.6. The summed E-state index contributed by atoms with van der Waals surface area (Å²) in [4.78, 5) is 30.0. The lowest BCUT2D eigenvalue weighted by atomic mass is 9.63. The van der Waals surface area contributed by atoms with E-state index < -0.39 is 51.8 Å². The number of hydrogen-bond acceptors (Lipinski definition) is 6. The minimum absolute atomic E-state index is 0.201. The molecule has 166 valence electrons. The number of benzene rings is 1. The van der Waals surface area contributed by atoms with Gasteiger partial charge in [-0.1, -0.05) is 0 Å². The second kappa shape index (κ2) is 6.51. The Kier molecular flexibility index (Phi) is 4.57. The molecule has 31 heavy (non-hydrogen) atoms. The van der Waals surface area contributed by atoms with Gasteiger partial charge >= 0.3 is 6.18 Å². The quantitative estimate of drug-likeness (QED) is 0.726. The lowest BCUT2D eigenvalue weighted by molar-refractivity contribution is -0.138. The maximum atomic E-state index is 13.7. The number of likely N-dealkylation sites (N-methyl/N-ethyl adjacent to an activating group) is 2. The van der Waals surface area contributed by atoms with Crippen LogP contribution in [0.4, 0.5) is 18.9 Å². The van der Waals surface area contributed by atoms with Gasteiger partial charge in [0.1, 0.15) is 5.54 Å². The molecule has 3 fully saturated rings. The number of rotatable bonds is 4. The Balaban J connectivity index is 1.87. The number of nitriles is 1. The molecule has 1 N–H and O–H groups in total. The first-order valence-electron chi connectivity index (χ1n) is 9.90. The van der Waals surface area contributed by atoms with E-state index in [4.69, 9.17) is 10.00 Å².